The molecule has 3 atom stereocenters. The van der Waals surface area contributed by atoms with Gasteiger partial charge in [0.15, 0.2) is 5.78 Å². The first-order valence-electron chi connectivity index (χ1n) is 8.60. The molecule has 3 nitrogen and oxygen atoms in total. The fraction of sp³-hybridized carbons (Fsp3) is 0.800. The van der Waals surface area contributed by atoms with Crippen LogP contribution in [-0.4, -0.2) is 17.7 Å². The van der Waals surface area contributed by atoms with Gasteiger partial charge in [-0.1, -0.05) is 67.0 Å². The zero-order chi connectivity index (χ0) is 18.4. The summed E-state index contributed by atoms with van der Waals surface area (Å²) in [6, 6.07) is -0.459. The Labute approximate surface area is 142 Å². The van der Waals surface area contributed by atoms with Crippen molar-refractivity contribution in [1.82, 2.24) is 5.32 Å². The zero-order valence-corrected chi connectivity index (χ0v) is 16.6. The van der Waals surface area contributed by atoms with Crippen molar-refractivity contribution in [1.29, 1.82) is 0 Å². The number of carbonyl (C=O) groups excluding carboxylic acids is 2. The number of amides is 1. The Balaban J connectivity index is 2.97. The first-order chi connectivity index (χ1) is 10.1. The highest BCUT2D eigenvalue weighted by Gasteiger charge is 2.60. The van der Waals surface area contributed by atoms with E-state index >= 15 is 0 Å². The predicted octanol–water partition coefficient (Wildman–Crippen LogP) is 4.37. The highest BCUT2D eigenvalue weighted by atomic mass is 16.2. The van der Waals surface area contributed by atoms with E-state index in [1.165, 1.54) is 5.57 Å². The molecular formula is C20H35NO2. The van der Waals surface area contributed by atoms with Gasteiger partial charge >= 0.3 is 0 Å². The van der Waals surface area contributed by atoms with E-state index < -0.39 is 11.5 Å². The molecule has 23 heavy (non-hydrogen) atoms. The minimum absolute atomic E-state index is 0.00928. The number of carbonyl (C=O) groups is 2. The fourth-order valence-electron chi connectivity index (χ4n) is 3.19. The second-order valence-electron chi connectivity index (χ2n) is 9.99. The van der Waals surface area contributed by atoms with Crippen LogP contribution in [0.3, 0.4) is 0 Å². The average Bonchev–Trinajstić information content (AvgIpc) is 2.83. The van der Waals surface area contributed by atoms with Crippen molar-refractivity contribution in [3.05, 3.63) is 11.6 Å². The van der Waals surface area contributed by atoms with Gasteiger partial charge in [0.25, 0.3) is 0 Å². The summed E-state index contributed by atoms with van der Waals surface area (Å²) in [5.41, 5.74) is 0.431. The molecule has 0 aromatic rings. The zero-order valence-electron chi connectivity index (χ0n) is 16.6. The summed E-state index contributed by atoms with van der Waals surface area (Å²) in [4.78, 5) is 25.6. The summed E-state index contributed by atoms with van der Waals surface area (Å²) in [6.07, 6.45) is 2.18. The lowest BCUT2D eigenvalue weighted by molar-refractivity contribution is -0.136. The number of hydrogen-bond donors (Lipinski definition) is 1. The van der Waals surface area contributed by atoms with Crippen molar-refractivity contribution < 1.29 is 9.59 Å². The molecule has 1 aliphatic carbocycles. The maximum Gasteiger partial charge on any atom is 0.224 e. The van der Waals surface area contributed by atoms with Gasteiger partial charge in [-0.25, -0.2) is 0 Å². The Morgan fingerprint density at radius 2 is 1.52 bits per heavy atom. The summed E-state index contributed by atoms with van der Waals surface area (Å²) in [5.74, 6) is 0.318. The monoisotopic (exact) mass is 321 g/mol. The van der Waals surface area contributed by atoms with E-state index in [0.29, 0.717) is 0 Å². The highest BCUT2D eigenvalue weighted by molar-refractivity contribution is 5.94. The number of hydrogen-bond acceptors (Lipinski definition) is 2. The van der Waals surface area contributed by atoms with E-state index in [2.05, 4.69) is 39.1 Å². The molecule has 1 rings (SSSR count). The lowest BCUT2D eigenvalue weighted by Gasteiger charge is -2.34. The van der Waals surface area contributed by atoms with Gasteiger partial charge in [-0.3, -0.25) is 9.59 Å². The molecule has 0 spiro atoms. The molecule has 1 fully saturated rings. The molecule has 0 aromatic heterocycles. The second-order valence-corrected chi connectivity index (χ2v) is 9.99. The molecule has 3 heteroatoms. The van der Waals surface area contributed by atoms with Crippen molar-refractivity contribution in [3.63, 3.8) is 0 Å². The Morgan fingerprint density at radius 1 is 1.04 bits per heavy atom. The molecular weight excluding hydrogens is 286 g/mol. The summed E-state index contributed by atoms with van der Waals surface area (Å²) in [6.45, 7) is 20.1. The average molecular weight is 322 g/mol. The van der Waals surface area contributed by atoms with Gasteiger partial charge in [-0.2, -0.15) is 0 Å². The van der Waals surface area contributed by atoms with E-state index in [1.54, 1.807) is 0 Å². The van der Waals surface area contributed by atoms with E-state index in [0.717, 1.165) is 0 Å². The van der Waals surface area contributed by atoms with Crippen LogP contribution in [0.5, 0.6) is 0 Å². The van der Waals surface area contributed by atoms with E-state index in [9.17, 15) is 9.59 Å². The second kappa shape index (κ2) is 6.07. The Bertz CT molecular complexity index is 511. The van der Waals surface area contributed by atoms with Gasteiger partial charge in [0.2, 0.25) is 5.91 Å². The fourth-order valence-corrected chi connectivity index (χ4v) is 3.19. The van der Waals surface area contributed by atoms with E-state index in [1.807, 2.05) is 41.5 Å². The molecule has 0 radical (unpaired) electrons. The highest BCUT2D eigenvalue weighted by Crippen LogP contribution is 2.59. The third-order valence-electron chi connectivity index (χ3n) is 4.86. The number of allylic oxidation sites excluding steroid dienone is 2. The molecule has 1 amide bonds. The van der Waals surface area contributed by atoms with Gasteiger partial charge in [-0.05, 0) is 30.6 Å². The predicted molar refractivity (Wildman–Crippen MR) is 96.0 cm³/mol. The Hall–Kier alpha value is -1.12. The molecule has 1 aliphatic rings. The van der Waals surface area contributed by atoms with Crippen molar-refractivity contribution in [2.24, 2.45) is 28.1 Å². The molecule has 0 aliphatic heterocycles. The van der Waals surface area contributed by atoms with Crippen molar-refractivity contribution >= 4 is 11.7 Å². The smallest absolute Gasteiger partial charge is 0.224 e. The van der Waals surface area contributed by atoms with Gasteiger partial charge in [0.1, 0.15) is 0 Å². The molecule has 132 valence electrons. The van der Waals surface area contributed by atoms with Gasteiger partial charge in [-0.15, -0.1) is 0 Å². The van der Waals surface area contributed by atoms with E-state index in [-0.39, 0.29) is 34.4 Å². The molecule has 0 saturated heterocycles. The Morgan fingerprint density at radius 3 is 1.87 bits per heavy atom. The van der Waals surface area contributed by atoms with Crippen LogP contribution >= 0.6 is 0 Å². The van der Waals surface area contributed by atoms with Crippen LogP contribution in [0.1, 0.15) is 69.2 Å². The minimum atomic E-state index is -0.469. The maximum absolute atomic E-state index is 12.8. The van der Waals surface area contributed by atoms with Crippen LogP contribution in [0.4, 0.5) is 0 Å². The number of rotatable bonds is 4. The van der Waals surface area contributed by atoms with Crippen LogP contribution in [0.15, 0.2) is 11.6 Å². The minimum Gasteiger partial charge on any atom is -0.345 e. The third kappa shape index (κ3) is 4.45. The molecule has 0 aromatic carbocycles. The maximum atomic E-state index is 12.8. The summed E-state index contributed by atoms with van der Waals surface area (Å²) in [7, 11) is 0. The van der Waals surface area contributed by atoms with Crippen molar-refractivity contribution in [2.75, 3.05) is 0 Å². The summed E-state index contributed by atoms with van der Waals surface area (Å²) in [5, 5.41) is 3.07. The van der Waals surface area contributed by atoms with Crippen LogP contribution in [0, 0.1) is 28.1 Å². The Kier molecular flexibility index (Phi) is 5.26. The SMILES string of the molecule is CC(C)=C[C@@H]1C(C(=O)N[C@H](C(=O)C(C)(C)C)C(C)(C)C)C1(C)C. The van der Waals surface area contributed by atoms with Gasteiger partial charge in [0.05, 0.1) is 12.0 Å². The quantitative estimate of drug-likeness (QED) is 0.781. The molecule has 1 saturated carbocycles. The normalized spacial score (nSPS) is 24.6. The first kappa shape index (κ1) is 19.9. The largest absolute Gasteiger partial charge is 0.345 e. The lowest BCUT2D eigenvalue weighted by Crippen LogP contribution is -2.53. The van der Waals surface area contributed by atoms with Crippen LogP contribution in [0.25, 0.3) is 0 Å². The first-order valence-corrected chi connectivity index (χ1v) is 8.60. The molecule has 1 N–H and O–H groups in total. The standard InChI is InChI=1S/C20H35NO2/c1-12(2)11-13-14(20(13,9)10)17(23)21-15(18(3,4)5)16(22)19(6,7)8/h11,13-15H,1-10H3,(H,21,23)/t13-,14?,15-/m1/s1. The van der Waals surface area contributed by atoms with Crippen LogP contribution < -0.4 is 5.32 Å². The van der Waals surface area contributed by atoms with Crippen LogP contribution in [0.2, 0.25) is 0 Å². The van der Waals surface area contributed by atoms with Crippen LogP contribution in [-0.2, 0) is 9.59 Å². The van der Waals surface area contributed by atoms with E-state index in [4.69, 9.17) is 0 Å². The van der Waals surface area contributed by atoms with Gasteiger partial charge in [0, 0.05) is 5.41 Å². The van der Waals surface area contributed by atoms with Crippen molar-refractivity contribution in [3.8, 4) is 0 Å². The molecule has 0 bridgehead atoms. The number of nitrogens with one attached hydrogen (secondary N) is 1. The van der Waals surface area contributed by atoms with Crippen molar-refractivity contribution in [2.45, 2.75) is 75.3 Å². The number of ketones is 1. The lowest BCUT2D eigenvalue weighted by atomic mass is 9.75. The van der Waals surface area contributed by atoms with Gasteiger partial charge < -0.3 is 5.32 Å². The topological polar surface area (TPSA) is 46.2 Å². The third-order valence-corrected chi connectivity index (χ3v) is 4.86. The number of Topliss-reactive ketones (excluding diaryl/α,β-unsaturated/α-hetero) is 1. The molecule has 0 heterocycles. The summed E-state index contributed by atoms with van der Waals surface area (Å²) < 4.78 is 0. The summed E-state index contributed by atoms with van der Waals surface area (Å²) >= 11 is 0. The molecule has 1 unspecified atom stereocenters.